The molecule has 1 aliphatic rings. The fourth-order valence-electron chi connectivity index (χ4n) is 2.19. The molecule has 23 heavy (non-hydrogen) atoms. The minimum absolute atomic E-state index is 0.0596. The second-order valence-electron chi connectivity index (χ2n) is 4.95. The highest BCUT2D eigenvalue weighted by molar-refractivity contribution is 8.18. The van der Waals surface area contributed by atoms with Gasteiger partial charge in [0.2, 0.25) is 0 Å². The second-order valence-corrected chi connectivity index (χ2v) is 5.96. The average Bonchev–Trinajstić information content (AvgIpc) is 2.84. The third-order valence-corrected chi connectivity index (χ3v) is 4.47. The molecule has 0 atom stereocenters. The van der Waals surface area contributed by atoms with Gasteiger partial charge in [0, 0.05) is 12.6 Å². The van der Waals surface area contributed by atoms with Crippen molar-refractivity contribution in [1.29, 1.82) is 0 Å². The summed E-state index contributed by atoms with van der Waals surface area (Å²) < 4.78 is 5.33. The van der Waals surface area contributed by atoms with E-state index < -0.39 is 0 Å². The molecular weight excluding hydrogens is 308 g/mol. The van der Waals surface area contributed by atoms with Crippen LogP contribution in [0.3, 0.4) is 0 Å². The Labute approximate surface area is 139 Å². The van der Waals surface area contributed by atoms with Crippen molar-refractivity contribution in [2.24, 2.45) is 4.99 Å². The molecule has 1 heterocycles. The molecule has 1 saturated heterocycles. The van der Waals surface area contributed by atoms with Crippen LogP contribution in [-0.4, -0.2) is 30.1 Å². The summed E-state index contributed by atoms with van der Waals surface area (Å²) >= 11 is 1.37. The van der Waals surface area contributed by atoms with Gasteiger partial charge in [-0.25, -0.2) is 4.99 Å². The Hall–Kier alpha value is -2.53. The Morgan fingerprint density at radius 3 is 2.52 bits per heavy atom. The van der Waals surface area contributed by atoms with E-state index in [4.69, 9.17) is 4.74 Å². The van der Waals surface area contributed by atoms with Crippen molar-refractivity contribution < 1.29 is 9.53 Å². The Morgan fingerprint density at radius 2 is 1.78 bits per heavy atom. The number of carbonyl (C=O) groups is 1. The second kappa shape index (κ2) is 6.71. The number of thioether (sulfide) groups is 1. The van der Waals surface area contributed by atoms with Crippen LogP contribution in [0.4, 0.5) is 5.69 Å². The van der Waals surface area contributed by atoms with Crippen molar-refractivity contribution in [2.45, 2.75) is 0 Å². The number of nitrogens with zero attached hydrogens (tertiary/aromatic N) is 2. The minimum Gasteiger partial charge on any atom is -0.496 e. The molecular formula is C18H16N2O2S. The van der Waals surface area contributed by atoms with Gasteiger partial charge in [-0.05, 0) is 36.0 Å². The van der Waals surface area contributed by atoms with Crippen molar-refractivity contribution >= 4 is 34.6 Å². The SMILES string of the molecule is COc1ccccc1/C=C1/SC(=Nc2ccccc2)N(C)C1=O. The Bertz CT molecular complexity index is 785. The fourth-order valence-corrected chi connectivity index (χ4v) is 3.17. The van der Waals surface area contributed by atoms with Gasteiger partial charge >= 0.3 is 0 Å². The average molecular weight is 324 g/mol. The van der Waals surface area contributed by atoms with Gasteiger partial charge < -0.3 is 4.74 Å². The molecule has 116 valence electrons. The van der Waals surface area contributed by atoms with Gasteiger partial charge in [0.15, 0.2) is 5.17 Å². The van der Waals surface area contributed by atoms with Crippen molar-refractivity contribution in [3.63, 3.8) is 0 Å². The van der Waals surface area contributed by atoms with Crippen molar-refractivity contribution in [2.75, 3.05) is 14.2 Å². The molecule has 0 aromatic heterocycles. The maximum absolute atomic E-state index is 12.4. The first-order chi connectivity index (χ1) is 11.2. The normalized spacial score (nSPS) is 18.0. The van der Waals surface area contributed by atoms with Crippen LogP contribution in [0.15, 0.2) is 64.5 Å². The lowest BCUT2D eigenvalue weighted by molar-refractivity contribution is -0.121. The number of benzene rings is 2. The van der Waals surface area contributed by atoms with E-state index in [0.717, 1.165) is 17.0 Å². The predicted molar refractivity (Wildman–Crippen MR) is 94.9 cm³/mol. The molecule has 0 aliphatic carbocycles. The molecule has 4 nitrogen and oxygen atoms in total. The zero-order chi connectivity index (χ0) is 16.2. The Morgan fingerprint density at radius 1 is 1.09 bits per heavy atom. The molecule has 0 saturated carbocycles. The highest BCUT2D eigenvalue weighted by Crippen LogP contribution is 2.34. The topological polar surface area (TPSA) is 41.9 Å². The number of carbonyl (C=O) groups excluding carboxylic acids is 1. The van der Waals surface area contributed by atoms with Crippen LogP contribution in [0.25, 0.3) is 6.08 Å². The number of hydrogen-bond acceptors (Lipinski definition) is 4. The molecule has 3 rings (SSSR count). The number of amidine groups is 1. The third kappa shape index (κ3) is 3.29. The lowest BCUT2D eigenvalue weighted by Crippen LogP contribution is -2.23. The van der Waals surface area contributed by atoms with Crippen molar-refractivity contribution in [3.05, 3.63) is 65.1 Å². The number of likely N-dealkylation sites (N-methyl/N-ethyl adjacent to an activating group) is 1. The summed E-state index contributed by atoms with van der Waals surface area (Å²) in [4.78, 5) is 19.2. The van der Waals surface area contributed by atoms with Gasteiger partial charge in [0.25, 0.3) is 5.91 Å². The lowest BCUT2D eigenvalue weighted by atomic mass is 10.2. The van der Waals surface area contributed by atoms with Crippen molar-refractivity contribution in [1.82, 2.24) is 4.90 Å². The van der Waals surface area contributed by atoms with Crippen molar-refractivity contribution in [3.8, 4) is 5.75 Å². The standard InChI is InChI=1S/C18H16N2O2S/c1-20-17(21)16(12-13-8-6-7-11-15(13)22-2)23-18(20)19-14-9-4-3-5-10-14/h3-12H,1-2H3/b16-12+,19-18?. The Balaban J connectivity index is 1.92. The van der Waals surface area contributed by atoms with Gasteiger partial charge in [-0.1, -0.05) is 36.4 Å². The first-order valence-electron chi connectivity index (χ1n) is 7.13. The highest BCUT2D eigenvalue weighted by Gasteiger charge is 2.30. The van der Waals surface area contributed by atoms with Crippen LogP contribution in [0.5, 0.6) is 5.75 Å². The zero-order valence-corrected chi connectivity index (χ0v) is 13.7. The Kier molecular flexibility index (Phi) is 4.48. The van der Waals surface area contributed by atoms with Gasteiger partial charge in [-0.2, -0.15) is 0 Å². The first-order valence-corrected chi connectivity index (χ1v) is 7.95. The molecule has 0 bridgehead atoms. The van der Waals surface area contributed by atoms with E-state index in [9.17, 15) is 4.79 Å². The number of methoxy groups -OCH3 is 1. The van der Waals surface area contributed by atoms with Crippen LogP contribution in [0.1, 0.15) is 5.56 Å². The number of hydrogen-bond donors (Lipinski definition) is 0. The van der Waals surface area contributed by atoms with E-state index in [2.05, 4.69) is 4.99 Å². The van der Waals surface area contributed by atoms with Crippen LogP contribution >= 0.6 is 11.8 Å². The summed E-state index contributed by atoms with van der Waals surface area (Å²) in [6.45, 7) is 0. The molecule has 1 amide bonds. The quantitative estimate of drug-likeness (QED) is 0.803. The van der Waals surface area contributed by atoms with Crippen LogP contribution in [0.2, 0.25) is 0 Å². The molecule has 2 aromatic carbocycles. The van der Waals surface area contributed by atoms with E-state index in [1.165, 1.54) is 11.8 Å². The largest absolute Gasteiger partial charge is 0.496 e. The predicted octanol–water partition coefficient (Wildman–Crippen LogP) is 3.93. The molecule has 0 unspecified atom stereocenters. The number of ether oxygens (including phenoxy) is 1. The molecule has 5 heteroatoms. The highest BCUT2D eigenvalue weighted by atomic mass is 32.2. The van der Waals surface area contributed by atoms with E-state index in [1.807, 2.05) is 60.7 Å². The van der Waals surface area contributed by atoms with Gasteiger partial charge in [0.05, 0.1) is 17.7 Å². The van der Waals surface area contributed by atoms with Gasteiger partial charge in [-0.3, -0.25) is 9.69 Å². The summed E-state index contributed by atoms with van der Waals surface area (Å²) in [5.41, 5.74) is 1.70. The molecule has 2 aromatic rings. The first kappa shape index (κ1) is 15.4. The number of rotatable bonds is 3. The van der Waals surface area contributed by atoms with Crippen LogP contribution in [-0.2, 0) is 4.79 Å². The smallest absolute Gasteiger partial charge is 0.266 e. The summed E-state index contributed by atoms with van der Waals surface area (Å²) in [5.74, 6) is 0.681. The summed E-state index contributed by atoms with van der Waals surface area (Å²) in [6.07, 6.45) is 1.84. The van der Waals surface area contributed by atoms with Gasteiger partial charge in [-0.15, -0.1) is 0 Å². The molecule has 0 radical (unpaired) electrons. The summed E-state index contributed by atoms with van der Waals surface area (Å²) in [7, 11) is 3.36. The molecule has 0 spiro atoms. The molecule has 0 N–H and O–H groups in total. The lowest BCUT2D eigenvalue weighted by Gasteiger charge is -2.07. The van der Waals surface area contributed by atoms with Gasteiger partial charge in [0.1, 0.15) is 5.75 Å². The zero-order valence-electron chi connectivity index (χ0n) is 12.9. The monoisotopic (exact) mass is 324 g/mol. The van der Waals surface area contributed by atoms with E-state index in [0.29, 0.717) is 10.1 Å². The van der Waals surface area contributed by atoms with E-state index >= 15 is 0 Å². The number of para-hydroxylation sites is 2. The minimum atomic E-state index is -0.0596. The summed E-state index contributed by atoms with van der Waals surface area (Å²) in [6, 6.07) is 17.2. The fraction of sp³-hybridized carbons (Fsp3) is 0.111. The molecule has 1 fully saturated rings. The number of amides is 1. The summed E-state index contributed by atoms with van der Waals surface area (Å²) in [5, 5.41) is 0.669. The maximum Gasteiger partial charge on any atom is 0.266 e. The van der Waals surface area contributed by atoms with E-state index in [1.54, 1.807) is 19.1 Å². The third-order valence-electron chi connectivity index (χ3n) is 3.41. The van der Waals surface area contributed by atoms with Crippen LogP contribution < -0.4 is 4.74 Å². The van der Waals surface area contributed by atoms with Crippen LogP contribution in [0, 0.1) is 0 Å². The number of aliphatic imine (C=N–C) groups is 1. The molecule has 1 aliphatic heterocycles. The van der Waals surface area contributed by atoms with E-state index in [-0.39, 0.29) is 5.91 Å². The maximum atomic E-state index is 12.4.